The van der Waals surface area contributed by atoms with E-state index < -0.39 is 6.10 Å². The van der Waals surface area contributed by atoms with E-state index in [9.17, 15) is 14.4 Å². The van der Waals surface area contributed by atoms with E-state index in [1.54, 1.807) is 6.92 Å². The van der Waals surface area contributed by atoms with Gasteiger partial charge in [0.05, 0.1) is 5.92 Å². The van der Waals surface area contributed by atoms with Gasteiger partial charge in [-0.1, -0.05) is 55.0 Å². The van der Waals surface area contributed by atoms with Gasteiger partial charge in [0.15, 0.2) is 6.10 Å². The number of hydrogen-bond acceptors (Lipinski definition) is 4. The Kier molecular flexibility index (Phi) is 5.98. The van der Waals surface area contributed by atoms with Crippen molar-refractivity contribution in [3.05, 3.63) is 54.6 Å². The third-order valence-electron chi connectivity index (χ3n) is 6.31. The zero-order valence-corrected chi connectivity index (χ0v) is 17.2. The lowest BCUT2D eigenvalue weighted by molar-refractivity contribution is -0.161. The van der Waals surface area contributed by atoms with Crippen molar-refractivity contribution >= 4 is 23.3 Å². The summed E-state index contributed by atoms with van der Waals surface area (Å²) in [5.41, 5.74) is 2.58. The van der Waals surface area contributed by atoms with Crippen molar-refractivity contribution in [2.24, 2.45) is 17.8 Å². The second kappa shape index (κ2) is 8.82. The lowest BCUT2D eigenvalue weighted by Gasteiger charge is -2.36. The number of ketones is 1. The van der Waals surface area contributed by atoms with E-state index in [1.165, 1.54) is 0 Å². The van der Waals surface area contributed by atoms with Gasteiger partial charge in [-0.3, -0.25) is 14.4 Å². The Bertz CT molecular complexity index is 923. The van der Waals surface area contributed by atoms with Crippen LogP contribution in [0.15, 0.2) is 54.6 Å². The molecular weight excluding hydrogens is 378 g/mol. The number of ether oxygens (including phenoxy) is 1. The molecule has 3 unspecified atom stereocenters. The molecule has 2 saturated carbocycles. The number of hydrogen-bond donors (Lipinski definition) is 1. The molecule has 0 heterocycles. The first-order chi connectivity index (χ1) is 14.5. The largest absolute Gasteiger partial charge is 0.452 e. The Morgan fingerprint density at radius 1 is 0.967 bits per heavy atom. The molecule has 156 valence electrons. The molecule has 1 N–H and O–H groups in total. The first-order valence-corrected chi connectivity index (χ1v) is 10.7. The van der Waals surface area contributed by atoms with E-state index in [4.69, 9.17) is 4.74 Å². The zero-order valence-electron chi connectivity index (χ0n) is 17.2. The van der Waals surface area contributed by atoms with E-state index in [1.807, 2.05) is 54.6 Å². The number of fused-ring (bicyclic) bond motifs is 2. The molecule has 2 aliphatic carbocycles. The number of carbonyl (C=O) groups is 3. The van der Waals surface area contributed by atoms with Gasteiger partial charge in [0.2, 0.25) is 0 Å². The van der Waals surface area contributed by atoms with Gasteiger partial charge in [0.1, 0.15) is 5.78 Å². The highest BCUT2D eigenvalue weighted by molar-refractivity contribution is 5.98. The highest BCUT2D eigenvalue weighted by Crippen LogP contribution is 2.40. The second-order valence-corrected chi connectivity index (χ2v) is 8.38. The summed E-state index contributed by atoms with van der Waals surface area (Å²) in [6.07, 6.45) is 3.00. The first kappa shape index (κ1) is 20.3. The van der Waals surface area contributed by atoms with Crippen LogP contribution < -0.4 is 5.32 Å². The number of nitrogens with one attached hydrogen (secondary N) is 1. The maximum Gasteiger partial charge on any atom is 0.309 e. The van der Waals surface area contributed by atoms with Gasteiger partial charge in [-0.2, -0.15) is 0 Å². The number of carbonyl (C=O) groups excluding carboxylic acids is 3. The van der Waals surface area contributed by atoms with E-state index in [0.717, 1.165) is 30.4 Å². The molecule has 5 heteroatoms. The van der Waals surface area contributed by atoms with Crippen LogP contribution >= 0.6 is 0 Å². The first-order valence-electron chi connectivity index (χ1n) is 10.7. The normalized spacial score (nSPS) is 24.0. The van der Waals surface area contributed by atoms with Gasteiger partial charge in [-0.05, 0) is 44.2 Å². The number of Topliss-reactive ketones (excluding diaryl/α,β-unsaturated/α-hetero) is 1. The average molecular weight is 405 g/mol. The molecule has 4 rings (SSSR count). The maximum absolute atomic E-state index is 12.7. The van der Waals surface area contributed by atoms with Gasteiger partial charge >= 0.3 is 5.97 Å². The van der Waals surface area contributed by atoms with Crippen LogP contribution in [0.25, 0.3) is 11.1 Å². The lowest BCUT2D eigenvalue weighted by Crippen LogP contribution is -2.41. The summed E-state index contributed by atoms with van der Waals surface area (Å²) in [6, 6.07) is 17.4. The van der Waals surface area contributed by atoms with Crippen molar-refractivity contribution in [2.45, 2.75) is 45.1 Å². The predicted octanol–water partition coefficient (Wildman–Crippen LogP) is 4.62. The molecule has 2 bridgehead atoms. The zero-order chi connectivity index (χ0) is 21.1. The third kappa shape index (κ3) is 4.30. The van der Waals surface area contributed by atoms with Gasteiger partial charge in [0.25, 0.3) is 5.91 Å². The fraction of sp³-hybridized carbons (Fsp3) is 0.400. The van der Waals surface area contributed by atoms with E-state index >= 15 is 0 Å². The van der Waals surface area contributed by atoms with E-state index in [-0.39, 0.29) is 29.6 Å². The smallest absolute Gasteiger partial charge is 0.309 e. The molecule has 0 spiro atoms. The minimum absolute atomic E-state index is 0.0167. The molecule has 30 heavy (non-hydrogen) atoms. The third-order valence-corrected chi connectivity index (χ3v) is 6.31. The Balaban J connectivity index is 1.39. The fourth-order valence-corrected chi connectivity index (χ4v) is 4.69. The van der Waals surface area contributed by atoms with Crippen LogP contribution in [0.3, 0.4) is 0 Å². The molecule has 2 fully saturated rings. The summed E-state index contributed by atoms with van der Waals surface area (Å²) in [5.74, 6) is -0.732. The maximum atomic E-state index is 12.7. The summed E-state index contributed by atoms with van der Waals surface area (Å²) in [5, 5.41) is 2.89. The molecule has 3 atom stereocenters. The Hall–Kier alpha value is -2.95. The fourth-order valence-electron chi connectivity index (χ4n) is 4.69. The molecular formula is C25H27NO4. The standard InChI is InChI=1S/C25H27NO4/c1-16(30-25(29)20-14-18-10-7-11-19(15-20)23(18)27)24(28)26-22-13-6-5-12-21(22)17-8-3-2-4-9-17/h2-6,8-9,12-13,16,18-20H,7,10-11,14-15H2,1H3,(H,26,28). The molecule has 0 radical (unpaired) electrons. The quantitative estimate of drug-likeness (QED) is 0.737. The Morgan fingerprint density at radius 2 is 1.60 bits per heavy atom. The van der Waals surface area contributed by atoms with Crippen molar-refractivity contribution in [3.8, 4) is 11.1 Å². The van der Waals surface area contributed by atoms with Crippen LogP contribution in [-0.2, 0) is 19.1 Å². The monoisotopic (exact) mass is 405 g/mol. The van der Waals surface area contributed by atoms with Gasteiger partial charge in [-0.25, -0.2) is 0 Å². The van der Waals surface area contributed by atoms with Crippen molar-refractivity contribution in [3.63, 3.8) is 0 Å². The van der Waals surface area contributed by atoms with Crippen LogP contribution in [0.4, 0.5) is 5.69 Å². The van der Waals surface area contributed by atoms with Crippen molar-refractivity contribution < 1.29 is 19.1 Å². The number of amides is 1. The van der Waals surface area contributed by atoms with Crippen LogP contribution in [0.5, 0.6) is 0 Å². The minimum atomic E-state index is -0.904. The number of anilines is 1. The number of para-hydroxylation sites is 1. The molecule has 2 aromatic rings. The van der Waals surface area contributed by atoms with Crippen LogP contribution in [-0.4, -0.2) is 23.8 Å². The molecule has 0 saturated heterocycles. The lowest BCUT2D eigenvalue weighted by atomic mass is 9.67. The van der Waals surface area contributed by atoms with Gasteiger partial charge in [0, 0.05) is 23.1 Å². The highest BCUT2D eigenvalue weighted by Gasteiger charge is 2.42. The Labute approximate surface area is 176 Å². The molecule has 2 aliphatic rings. The van der Waals surface area contributed by atoms with E-state index in [0.29, 0.717) is 24.3 Å². The summed E-state index contributed by atoms with van der Waals surface area (Å²) in [7, 11) is 0. The summed E-state index contributed by atoms with van der Waals surface area (Å²) < 4.78 is 5.51. The summed E-state index contributed by atoms with van der Waals surface area (Å²) >= 11 is 0. The van der Waals surface area contributed by atoms with Crippen molar-refractivity contribution in [2.75, 3.05) is 5.32 Å². The average Bonchev–Trinajstić information content (AvgIpc) is 2.74. The molecule has 2 aromatic carbocycles. The Morgan fingerprint density at radius 3 is 2.30 bits per heavy atom. The minimum Gasteiger partial charge on any atom is -0.452 e. The van der Waals surface area contributed by atoms with Crippen LogP contribution in [0.2, 0.25) is 0 Å². The van der Waals surface area contributed by atoms with Crippen LogP contribution in [0, 0.1) is 17.8 Å². The molecule has 5 nitrogen and oxygen atoms in total. The topological polar surface area (TPSA) is 72.5 Å². The number of benzene rings is 2. The van der Waals surface area contributed by atoms with Crippen LogP contribution in [0.1, 0.15) is 39.0 Å². The van der Waals surface area contributed by atoms with Crippen molar-refractivity contribution in [1.29, 1.82) is 0 Å². The predicted molar refractivity (Wildman–Crippen MR) is 115 cm³/mol. The molecule has 1 amide bonds. The summed E-state index contributed by atoms with van der Waals surface area (Å²) in [6.45, 7) is 1.59. The number of esters is 1. The highest BCUT2D eigenvalue weighted by atomic mass is 16.5. The molecule has 0 aliphatic heterocycles. The SMILES string of the molecule is CC(OC(=O)C1CC2CCCC(C1)C2=O)C(=O)Nc1ccccc1-c1ccccc1. The van der Waals surface area contributed by atoms with Crippen molar-refractivity contribution in [1.82, 2.24) is 0 Å². The second-order valence-electron chi connectivity index (χ2n) is 8.38. The van der Waals surface area contributed by atoms with E-state index in [2.05, 4.69) is 5.32 Å². The molecule has 0 aromatic heterocycles. The summed E-state index contributed by atoms with van der Waals surface area (Å²) in [4.78, 5) is 37.6. The van der Waals surface area contributed by atoms with Gasteiger partial charge < -0.3 is 10.1 Å². The van der Waals surface area contributed by atoms with Gasteiger partial charge in [-0.15, -0.1) is 0 Å². The number of rotatable bonds is 5.